The van der Waals surface area contributed by atoms with Gasteiger partial charge in [0.25, 0.3) is 0 Å². The second-order valence-electron chi connectivity index (χ2n) is 6.89. The van der Waals surface area contributed by atoms with E-state index in [-0.39, 0.29) is 5.82 Å². The van der Waals surface area contributed by atoms with Crippen LogP contribution in [0.4, 0.5) is 10.2 Å². The average Bonchev–Trinajstić information content (AvgIpc) is 3.39. The third kappa shape index (κ3) is 2.84. The fourth-order valence-electron chi connectivity index (χ4n) is 3.59. The maximum atomic E-state index is 13.4. The number of benzene rings is 1. The molecule has 1 N–H and O–H groups in total. The fourth-order valence-corrected chi connectivity index (χ4v) is 3.59. The standard InChI is InChI=1S/C19H17FN8/c1-11-3-2-8-28(11)19-16(12-4-6-14(20)7-5-12)23-18-15(22-19)9-13(10-21-18)17-24-26-27-25-17/h4-7,9-11H,2-3,8H2,1H3,(H,24,25,26,27). The third-order valence-corrected chi connectivity index (χ3v) is 5.05. The molecule has 9 heteroatoms. The SMILES string of the molecule is CC1CCCN1c1nc2cc(-c3nn[nH]n3)cnc2nc1-c1ccc(F)cc1. The Morgan fingerprint density at radius 1 is 1.14 bits per heavy atom. The van der Waals surface area contributed by atoms with Crippen LogP contribution in [0.15, 0.2) is 36.5 Å². The van der Waals surface area contributed by atoms with Gasteiger partial charge < -0.3 is 4.90 Å². The summed E-state index contributed by atoms with van der Waals surface area (Å²) in [6.45, 7) is 3.09. The summed E-state index contributed by atoms with van der Waals surface area (Å²) in [6, 6.07) is 8.54. The van der Waals surface area contributed by atoms with Crippen LogP contribution in [-0.4, -0.2) is 48.2 Å². The topological polar surface area (TPSA) is 96.4 Å². The van der Waals surface area contributed by atoms with Gasteiger partial charge in [0.2, 0.25) is 5.82 Å². The van der Waals surface area contributed by atoms with Crippen molar-refractivity contribution in [3.8, 4) is 22.6 Å². The van der Waals surface area contributed by atoms with Gasteiger partial charge in [-0.1, -0.05) is 0 Å². The molecule has 1 unspecified atom stereocenters. The first-order valence-corrected chi connectivity index (χ1v) is 9.13. The molecular weight excluding hydrogens is 359 g/mol. The molecule has 1 aliphatic rings. The molecule has 1 aromatic carbocycles. The van der Waals surface area contributed by atoms with Gasteiger partial charge in [0, 0.05) is 29.9 Å². The summed E-state index contributed by atoms with van der Waals surface area (Å²) in [5.41, 5.74) is 3.41. The molecule has 1 aliphatic heterocycles. The highest BCUT2D eigenvalue weighted by atomic mass is 19.1. The van der Waals surface area contributed by atoms with Crippen LogP contribution in [-0.2, 0) is 0 Å². The van der Waals surface area contributed by atoms with E-state index in [2.05, 4.69) is 37.4 Å². The van der Waals surface area contributed by atoms with E-state index in [0.29, 0.717) is 34.3 Å². The zero-order valence-corrected chi connectivity index (χ0v) is 15.2. The first-order chi connectivity index (χ1) is 13.7. The number of rotatable bonds is 3. The van der Waals surface area contributed by atoms with Crippen LogP contribution in [0.25, 0.3) is 33.8 Å². The van der Waals surface area contributed by atoms with Gasteiger partial charge in [-0.3, -0.25) is 0 Å². The highest BCUT2D eigenvalue weighted by molar-refractivity contribution is 5.83. The monoisotopic (exact) mass is 376 g/mol. The second kappa shape index (κ2) is 6.59. The number of aromatic amines is 1. The van der Waals surface area contributed by atoms with Crippen LogP contribution >= 0.6 is 0 Å². The molecule has 0 spiro atoms. The molecule has 1 atom stereocenters. The minimum Gasteiger partial charge on any atom is -0.352 e. The summed E-state index contributed by atoms with van der Waals surface area (Å²) in [7, 11) is 0. The molecule has 5 rings (SSSR count). The molecule has 0 radical (unpaired) electrons. The molecule has 1 fully saturated rings. The average molecular weight is 376 g/mol. The Labute approximate surface area is 159 Å². The number of tetrazole rings is 1. The van der Waals surface area contributed by atoms with Crippen LogP contribution < -0.4 is 4.90 Å². The maximum absolute atomic E-state index is 13.4. The summed E-state index contributed by atoms with van der Waals surface area (Å²) >= 11 is 0. The molecule has 3 aromatic heterocycles. The number of anilines is 1. The van der Waals surface area contributed by atoms with Crippen molar-refractivity contribution in [1.82, 2.24) is 35.6 Å². The zero-order chi connectivity index (χ0) is 19.1. The van der Waals surface area contributed by atoms with Crippen molar-refractivity contribution in [2.24, 2.45) is 0 Å². The van der Waals surface area contributed by atoms with E-state index in [1.54, 1.807) is 18.3 Å². The summed E-state index contributed by atoms with van der Waals surface area (Å²) in [5.74, 6) is 0.961. The third-order valence-electron chi connectivity index (χ3n) is 5.05. The first kappa shape index (κ1) is 16.7. The Hall–Kier alpha value is -3.49. The van der Waals surface area contributed by atoms with Gasteiger partial charge in [0.05, 0.1) is 0 Å². The number of nitrogens with zero attached hydrogens (tertiary/aromatic N) is 7. The van der Waals surface area contributed by atoms with Gasteiger partial charge in [-0.25, -0.2) is 19.3 Å². The molecule has 0 bridgehead atoms. The lowest BCUT2D eigenvalue weighted by molar-refractivity contribution is 0.628. The number of nitrogens with one attached hydrogen (secondary N) is 1. The number of aromatic nitrogens is 7. The van der Waals surface area contributed by atoms with Crippen LogP contribution in [0.1, 0.15) is 19.8 Å². The molecule has 0 amide bonds. The van der Waals surface area contributed by atoms with E-state index in [0.717, 1.165) is 30.8 Å². The van der Waals surface area contributed by atoms with Crippen molar-refractivity contribution in [2.75, 3.05) is 11.4 Å². The van der Waals surface area contributed by atoms with Crippen molar-refractivity contribution in [3.63, 3.8) is 0 Å². The Bertz CT molecular complexity index is 1130. The fraction of sp³-hybridized carbons (Fsp3) is 0.263. The number of halogens is 1. The van der Waals surface area contributed by atoms with E-state index in [4.69, 9.17) is 9.97 Å². The Balaban J connectivity index is 1.70. The molecule has 1 saturated heterocycles. The number of fused-ring (bicyclic) bond motifs is 1. The minimum atomic E-state index is -0.281. The summed E-state index contributed by atoms with van der Waals surface area (Å²) in [6.07, 6.45) is 3.85. The predicted octanol–water partition coefficient (Wildman–Crippen LogP) is 3.00. The second-order valence-corrected chi connectivity index (χ2v) is 6.89. The van der Waals surface area contributed by atoms with Gasteiger partial charge >= 0.3 is 0 Å². The van der Waals surface area contributed by atoms with Crippen molar-refractivity contribution >= 4 is 17.0 Å². The predicted molar refractivity (Wildman–Crippen MR) is 102 cm³/mol. The molecule has 140 valence electrons. The van der Waals surface area contributed by atoms with Crippen molar-refractivity contribution in [2.45, 2.75) is 25.8 Å². The van der Waals surface area contributed by atoms with Crippen molar-refractivity contribution < 1.29 is 4.39 Å². The van der Waals surface area contributed by atoms with E-state index < -0.39 is 0 Å². The smallest absolute Gasteiger partial charge is 0.206 e. The van der Waals surface area contributed by atoms with E-state index in [1.165, 1.54) is 12.1 Å². The van der Waals surface area contributed by atoms with E-state index in [9.17, 15) is 4.39 Å². The molecule has 28 heavy (non-hydrogen) atoms. The molecule has 8 nitrogen and oxygen atoms in total. The van der Waals surface area contributed by atoms with E-state index >= 15 is 0 Å². The Morgan fingerprint density at radius 3 is 2.71 bits per heavy atom. The minimum absolute atomic E-state index is 0.281. The first-order valence-electron chi connectivity index (χ1n) is 9.13. The summed E-state index contributed by atoms with van der Waals surface area (Å²) in [4.78, 5) is 16.4. The normalized spacial score (nSPS) is 16.8. The Kier molecular flexibility index (Phi) is 3.92. The Morgan fingerprint density at radius 2 is 2.00 bits per heavy atom. The van der Waals surface area contributed by atoms with Gasteiger partial charge in [-0.2, -0.15) is 5.21 Å². The lowest BCUT2D eigenvalue weighted by atomic mass is 10.1. The number of hydrogen-bond donors (Lipinski definition) is 1. The number of pyridine rings is 1. The van der Waals surface area contributed by atoms with Gasteiger partial charge in [-0.15, -0.1) is 10.2 Å². The lowest BCUT2D eigenvalue weighted by Crippen LogP contribution is -2.28. The summed E-state index contributed by atoms with van der Waals surface area (Å²) in [5, 5.41) is 14.0. The maximum Gasteiger partial charge on any atom is 0.206 e. The van der Waals surface area contributed by atoms with Crippen LogP contribution in [0.3, 0.4) is 0 Å². The highest BCUT2D eigenvalue weighted by Crippen LogP contribution is 2.34. The van der Waals surface area contributed by atoms with Crippen LogP contribution in [0, 0.1) is 5.82 Å². The lowest BCUT2D eigenvalue weighted by Gasteiger charge is -2.25. The molecule has 4 heterocycles. The van der Waals surface area contributed by atoms with Gasteiger partial charge in [-0.05, 0) is 55.3 Å². The molecular formula is C19H17FN8. The van der Waals surface area contributed by atoms with Crippen molar-refractivity contribution in [3.05, 3.63) is 42.3 Å². The number of H-pyrrole nitrogens is 1. The summed E-state index contributed by atoms with van der Waals surface area (Å²) < 4.78 is 13.4. The zero-order valence-electron chi connectivity index (χ0n) is 15.2. The molecule has 0 saturated carbocycles. The van der Waals surface area contributed by atoms with Crippen molar-refractivity contribution in [1.29, 1.82) is 0 Å². The molecule has 0 aliphatic carbocycles. The number of hydrogen-bond acceptors (Lipinski definition) is 7. The van der Waals surface area contributed by atoms with Crippen LogP contribution in [0.5, 0.6) is 0 Å². The highest BCUT2D eigenvalue weighted by Gasteiger charge is 2.26. The van der Waals surface area contributed by atoms with E-state index in [1.807, 2.05) is 6.07 Å². The quantitative estimate of drug-likeness (QED) is 0.587. The molecule has 4 aromatic rings. The van der Waals surface area contributed by atoms with Crippen LogP contribution in [0.2, 0.25) is 0 Å². The van der Waals surface area contributed by atoms with Gasteiger partial charge in [0.1, 0.15) is 17.0 Å². The van der Waals surface area contributed by atoms with Gasteiger partial charge in [0.15, 0.2) is 11.5 Å². The largest absolute Gasteiger partial charge is 0.352 e.